The van der Waals surface area contributed by atoms with Crippen molar-refractivity contribution in [3.05, 3.63) is 11.9 Å². The second kappa shape index (κ2) is 6.31. The number of hydrogen-bond acceptors (Lipinski definition) is 3. The van der Waals surface area contributed by atoms with E-state index in [0.29, 0.717) is 19.0 Å². The Morgan fingerprint density at radius 2 is 2.29 bits per heavy atom. The van der Waals surface area contributed by atoms with Crippen molar-refractivity contribution in [1.82, 2.24) is 20.3 Å². The summed E-state index contributed by atoms with van der Waals surface area (Å²) in [6, 6.07) is 0. The van der Waals surface area contributed by atoms with Crippen LogP contribution in [0.2, 0.25) is 0 Å². The molecule has 6 heteroatoms. The molecule has 1 unspecified atom stereocenters. The van der Waals surface area contributed by atoms with Crippen LogP contribution in [0.1, 0.15) is 32.4 Å². The van der Waals surface area contributed by atoms with Crippen LogP contribution in [-0.2, 0) is 6.54 Å². The monoisotopic (exact) mass is 262 g/mol. The van der Waals surface area contributed by atoms with E-state index in [1.54, 1.807) is 11.0 Å². The SMILES string of the molecule is CC(C)c1cnn(CCNCC(C)(F)CCl)n1. The molecule has 1 aromatic rings. The second-order valence-corrected chi connectivity index (χ2v) is 5.01. The van der Waals surface area contributed by atoms with Gasteiger partial charge in [-0.05, 0) is 12.8 Å². The molecule has 0 radical (unpaired) electrons. The fraction of sp³-hybridized carbons (Fsp3) is 0.818. The van der Waals surface area contributed by atoms with E-state index in [9.17, 15) is 4.39 Å². The zero-order valence-corrected chi connectivity index (χ0v) is 11.3. The molecule has 1 rings (SSSR count). The Balaban J connectivity index is 2.26. The highest BCUT2D eigenvalue weighted by Gasteiger charge is 2.20. The molecule has 4 nitrogen and oxygen atoms in total. The third-order valence-corrected chi connectivity index (χ3v) is 2.96. The topological polar surface area (TPSA) is 42.7 Å². The molecule has 0 amide bonds. The summed E-state index contributed by atoms with van der Waals surface area (Å²) in [6.45, 7) is 7.13. The van der Waals surface area contributed by atoms with Crippen LogP contribution in [-0.4, -0.2) is 39.6 Å². The fourth-order valence-electron chi connectivity index (χ4n) is 1.26. The first-order valence-corrected chi connectivity index (χ1v) is 6.34. The maximum absolute atomic E-state index is 13.4. The lowest BCUT2D eigenvalue weighted by Gasteiger charge is -2.17. The first-order valence-electron chi connectivity index (χ1n) is 5.80. The second-order valence-electron chi connectivity index (χ2n) is 4.74. The molecule has 1 aromatic heterocycles. The van der Waals surface area contributed by atoms with E-state index in [2.05, 4.69) is 29.4 Å². The van der Waals surface area contributed by atoms with Crippen LogP contribution in [0.3, 0.4) is 0 Å². The van der Waals surface area contributed by atoms with Gasteiger partial charge in [0.2, 0.25) is 0 Å². The molecule has 0 aliphatic rings. The van der Waals surface area contributed by atoms with Crippen LogP contribution in [0.15, 0.2) is 6.20 Å². The molecule has 0 saturated carbocycles. The molecule has 0 spiro atoms. The van der Waals surface area contributed by atoms with Gasteiger partial charge in [-0.3, -0.25) is 0 Å². The molecule has 1 atom stereocenters. The third kappa shape index (κ3) is 5.00. The standard InChI is InChI=1S/C11H20ClFN4/c1-9(2)10-6-15-17(16-10)5-4-14-8-11(3,13)7-12/h6,9,14H,4-5,7-8H2,1-3H3. The van der Waals surface area contributed by atoms with Gasteiger partial charge in [-0.25, -0.2) is 4.39 Å². The highest BCUT2D eigenvalue weighted by atomic mass is 35.5. The smallest absolute Gasteiger partial charge is 0.134 e. The van der Waals surface area contributed by atoms with Gasteiger partial charge in [-0.1, -0.05) is 13.8 Å². The minimum absolute atomic E-state index is 0.00246. The van der Waals surface area contributed by atoms with Gasteiger partial charge in [0.05, 0.1) is 24.3 Å². The summed E-state index contributed by atoms with van der Waals surface area (Å²) in [7, 11) is 0. The van der Waals surface area contributed by atoms with Crippen LogP contribution < -0.4 is 5.32 Å². The largest absolute Gasteiger partial charge is 0.312 e. The lowest BCUT2D eigenvalue weighted by atomic mass is 10.2. The van der Waals surface area contributed by atoms with Gasteiger partial charge in [0.25, 0.3) is 0 Å². The van der Waals surface area contributed by atoms with Crippen molar-refractivity contribution in [1.29, 1.82) is 0 Å². The molecule has 0 bridgehead atoms. The Hall–Kier alpha value is -0.680. The zero-order chi connectivity index (χ0) is 12.9. The van der Waals surface area contributed by atoms with E-state index < -0.39 is 5.67 Å². The van der Waals surface area contributed by atoms with Gasteiger partial charge in [0.1, 0.15) is 5.67 Å². The van der Waals surface area contributed by atoms with E-state index in [1.807, 2.05) is 0 Å². The third-order valence-electron chi connectivity index (χ3n) is 2.41. The van der Waals surface area contributed by atoms with Gasteiger partial charge >= 0.3 is 0 Å². The Labute approximate surface area is 107 Å². The van der Waals surface area contributed by atoms with Crippen LogP contribution in [0.4, 0.5) is 4.39 Å². The van der Waals surface area contributed by atoms with Crippen LogP contribution in [0.25, 0.3) is 0 Å². The molecule has 0 aliphatic heterocycles. The number of hydrogen-bond donors (Lipinski definition) is 1. The maximum Gasteiger partial charge on any atom is 0.134 e. The normalized spacial score (nSPS) is 15.2. The predicted molar refractivity (Wildman–Crippen MR) is 67.2 cm³/mol. The Morgan fingerprint density at radius 3 is 2.82 bits per heavy atom. The number of halogens is 2. The summed E-state index contributed by atoms with van der Waals surface area (Å²) >= 11 is 5.48. The van der Waals surface area contributed by atoms with Gasteiger partial charge in [-0.15, -0.1) is 11.6 Å². The summed E-state index contributed by atoms with van der Waals surface area (Å²) < 4.78 is 13.4. The van der Waals surface area contributed by atoms with E-state index in [4.69, 9.17) is 11.6 Å². The molecule has 0 fully saturated rings. The molecular weight excluding hydrogens is 243 g/mol. The molecule has 0 saturated heterocycles. The zero-order valence-electron chi connectivity index (χ0n) is 10.6. The Morgan fingerprint density at radius 1 is 1.59 bits per heavy atom. The van der Waals surface area contributed by atoms with Gasteiger partial charge < -0.3 is 5.32 Å². The van der Waals surface area contributed by atoms with Gasteiger partial charge in [0.15, 0.2) is 0 Å². The van der Waals surface area contributed by atoms with Crippen molar-refractivity contribution in [3.63, 3.8) is 0 Å². The highest BCUT2D eigenvalue weighted by molar-refractivity contribution is 6.18. The molecular formula is C11H20ClFN4. The summed E-state index contributed by atoms with van der Waals surface area (Å²) in [4.78, 5) is 1.62. The molecule has 0 aromatic carbocycles. The average molecular weight is 263 g/mol. The lowest BCUT2D eigenvalue weighted by Crippen LogP contribution is -2.37. The number of aromatic nitrogens is 3. The number of nitrogens with zero attached hydrogens (tertiary/aromatic N) is 3. The Kier molecular flexibility index (Phi) is 5.33. The Bertz CT molecular complexity index is 338. The number of nitrogens with one attached hydrogen (secondary N) is 1. The first-order chi connectivity index (χ1) is 7.94. The minimum Gasteiger partial charge on any atom is -0.312 e. The molecule has 1 N–H and O–H groups in total. The highest BCUT2D eigenvalue weighted by Crippen LogP contribution is 2.10. The van der Waals surface area contributed by atoms with Crippen molar-refractivity contribution in [2.75, 3.05) is 19.0 Å². The predicted octanol–water partition coefficient (Wildman–Crippen LogP) is 1.96. The average Bonchev–Trinajstić information content (AvgIpc) is 2.73. The summed E-state index contributed by atoms with van der Waals surface area (Å²) in [5.41, 5.74) is -0.386. The van der Waals surface area contributed by atoms with Crippen molar-refractivity contribution >= 4 is 11.6 Å². The van der Waals surface area contributed by atoms with Crippen molar-refractivity contribution in [3.8, 4) is 0 Å². The van der Waals surface area contributed by atoms with Crippen molar-refractivity contribution < 1.29 is 4.39 Å². The summed E-state index contributed by atoms with van der Waals surface area (Å²) in [5.74, 6) is 0.374. The van der Waals surface area contributed by atoms with Crippen LogP contribution in [0, 0.1) is 0 Å². The van der Waals surface area contributed by atoms with E-state index in [1.165, 1.54) is 6.92 Å². The van der Waals surface area contributed by atoms with Crippen molar-refractivity contribution in [2.24, 2.45) is 0 Å². The molecule has 0 aliphatic carbocycles. The van der Waals surface area contributed by atoms with E-state index in [0.717, 1.165) is 5.69 Å². The summed E-state index contributed by atoms with van der Waals surface area (Å²) in [6.07, 6.45) is 1.77. The number of alkyl halides is 2. The summed E-state index contributed by atoms with van der Waals surface area (Å²) in [5, 5.41) is 11.5. The minimum atomic E-state index is -1.36. The molecule has 17 heavy (non-hydrogen) atoms. The van der Waals surface area contributed by atoms with Crippen molar-refractivity contribution in [2.45, 2.75) is 38.9 Å². The van der Waals surface area contributed by atoms with Crippen LogP contribution >= 0.6 is 11.6 Å². The first kappa shape index (κ1) is 14.4. The maximum atomic E-state index is 13.4. The number of rotatable bonds is 7. The quantitative estimate of drug-likeness (QED) is 0.603. The van der Waals surface area contributed by atoms with Gasteiger partial charge in [0, 0.05) is 13.1 Å². The fourth-order valence-corrected chi connectivity index (χ4v) is 1.35. The van der Waals surface area contributed by atoms with E-state index in [-0.39, 0.29) is 12.4 Å². The van der Waals surface area contributed by atoms with Crippen LogP contribution in [0.5, 0.6) is 0 Å². The molecule has 98 valence electrons. The molecule has 1 heterocycles. The lowest BCUT2D eigenvalue weighted by molar-refractivity contribution is 0.213. The van der Waals surface area contributed by atoms with E-state index >= 15 is 0 Å². The van der Waals surface area contributed by atoms with Gasteiger partial charge in [-0.2, -0.15) is 15.0 Å².